The van der Waals surface area contributed by atoms with E-state index in [9.17, 15) is 9.90 Å². The molecule has 2 aliphatic rings. The van der Waals surface area contributed by atoms with Crippen LogP contribution < -0.4 is 0 Å². The van der Waals surface area contributed by atoms with Crippen molar-refractivity contribution in [2.75, 3.05) is 13.1 Å². The number of rotatable bonds is 6. The summed E-state index contributed by atoms with van der Waals surface area (Å²) >= 11 is 0. The van der Waals surface area contributed by atoms with Gasteiger partial charge in [0.1, 0.15) is 5.78 Å². The molecule has 1 aliphatic carbocycles. The molecular weight excluding hydrogens is 250 g/mol. The average molecular weight is 281 g/mol. The Kier molecular flexibility index (Phi) is 6.50. The van der Waals surface area contributed by atoms with Crippen LogP contribution in [0.2, 0.25) is 0 Å². The molecule has 1 saturated heterocycles. The quantitative estimate of drug-likeness (QED) is 0.813. The van der Waals surface area contributed by atoms with Gasteiger partial charge in [-0.3, -0.25) is 9.69 Å². The molecule has 3 nitrogen and oxygen atoms in total. The second-order valence-corrected chi connectivity index (χ2v) is 6.94. The summed E-state index contributed by atoms with van der Waals surface area (Å²) in [5.74, 6) is 1.02. The minimum Gasteiger partial charge on any atom is -0.392 e. The lowest BCUT2D eigenvalue weighted by atomic mass is 9.98. The number of hydrogen-bond donors (Lipinski definition) is 1. The number of nitrogens with zero attached hydrogens (tertiary/aromatic N) is 1. The molecule has 1 heterocycles. The molecule has 0 aromatic carbocycles. The summed E-state index contributed by atoms with van der Waals surface area (Å²) in [5, 5.41) is 10.4. The van der Waals surface area contributed by atoms with Crippen molar-refractivity contribution in [3.05, 3.63) is 0 Å². The molecule has 0 aromatic rings. The van der Waals surface area contributed by atoms with Crippen molar-refractivity contribution in [3.63, 3.8) is 0 Å². The molecule has 2 fully saturated rings. The molecule has 3 heteroatoms. The molecule has 0 aromatic heterocycles. The van der Waals surface area contributed by atoms with Crippen molar-refractivity contribution in [3.8, 4) is 0 Å². The van der Waals surface area contributed by atoms with Crippen LogP contribution in [0.15, 0.2) is 0 Å². The molecule has 2 rings (SSSR count). The largest absolute Gasteiger partial charge is 0.392 e. The van der Waals surface area contributed by atoms with Crippen LogP contribution in [0.5, 0.6) is 0 Å². The van der Waals surface area contributed by atoms with Gasteiger partial charge in [0.25, 0.3) is 0 Å². The Labute approximate surface area is 123 Å². The zero-order valence-electron chi connectivity index (χ0n) is 13.0. The molecule has 116 valence electrons. The molecule has 1 aliphatic heterocycles. The number of Topliss-reactive ketones (excluding diaryl/α,β-unsaturated/α-hetero) is 1. The van der Waals surface area contributed by atoms with Gasteiger partial charge >= 0.3 is 0 Å². The second kappa shape index (κ2) is 8.14. The number of carbonyl (C=O) groups is 1. The Morgan fingerprint density at radius 2 is 1.85 bits per heavy atom. The highest BCUT2D eigenvalue weighted by molar-refractivity contribution is 5.76. The average Bonchev–Trinajstić information content (AvgIpc) is 2.79. The van der Waals surface area contributed by atoms with Crippen molar-refractivity contribution < 1.29 is 9.90 Å². The van der Waals surface area contributed by atoms with E-state index in [0.717, 1.165) is 31.8 Å². The van der Waals surface area contributed by atoms with E-state index in [-0.39, 0.29) is 11.9 Å². The van der Waals surface area contributed by atoms with E-state index >= 15 is 0 Å². The van der Waals surface area contributed by atoms with Gasteiger partial charge in [-0.25, -0.2) is 0 Å². The monoisotopic (exact) mass is 281 g/mol. The first kappa shape index (κ1) is 16.0. The van der Waals surface area contributed by atoms with Crippen molar-refractivity contribution in [1.82, 2.24) is 4.90 Å². The standard InChI is InChI=1S/C17H31NO2/c1-14(19)11-16-9-3-2-6-10-18(16)13-17(20)12-15-7-4-5-8-15/h15-17,20H,2-13H2,1H3. The topological polar surface area (TPSA) is 40.5 Å². The van der Waals surface area contributed by atoms with Crippen LogP contribution in [-0.2, 0) is 4.79 Å². The molecule has 0 bridgehead atoms. The maximum atomic E-state index is 11.4. The fraction of sp³-hybridized carbons (Fsp3) is 0.941. The van der Waals surface area contributed by atoms with Crippen LogP contribution in [0.4, 0.5) is 0 Å². The number of hydrogen-bond acceptors (Lipinski definition) is 3. The van der Waals surface area contributed by atoms with Crippen LogP contribution >= 0.6 is 0 Å². The number of ketones is 1. The fourth-order valence-electron chi connectivity index (χ4n) is 4.02. The fourth-order valence-corrected chi connectivity index (χ4v) is 4.02. The smallest absolute Gasteiger partial charge is 0.131 e. The van der Waals surface area contributed by atoms with Crippen LogP contribution in [0, 0.1) is 5.92 Å². The minimum absolute atomic E-state index is 0.203. The van der Waals surface area contributed by atoms with Gasteiger partial charge in [0, 0.05) is 19.0 Å². The lowest BCUT2D eigenvalue weighted by Crippen LogP contribution is -2.41. The van der Waals surface area contributed by atoms with E-state index in [4.69, 9.17) is 0 Å². The van der Waals surface area contributed by atoms with E-state index in [0.29, 0.717) is 12.5 Å². The first-order valence-electron chi connectivity index (χ1n) is 8.56. The second-order valence-electron chi connectivity index (χ2n) is 6.94. The number of aliphatic hydroxyl groups is 1. The Morgan fingerprint density at radius 3 is 2.55 bits per heavy atom. The van der Waals surface area contributed by atoms with Crippen molar-refractivity contribution in [1.29, 1.82) is 0 Å². The molecule has 20 heavy (non-hydrogen) atoms. The lowest BCUT2D eigenvalue weighted by molar-refractivity contribution is -0.118. The number of β-amino-alcohol motifs (C(OH)–C–C–N with tert-alkyl or cyclic N) is 1. The van der Waals surface area contributed by atoms with Gasteiger partial charge in [0.15, 0.2) is 0 Å². The summed E-state index contributed by atoms with van der Waals surface area (Å²) in [7, 11) is 0. The Bertz CT molecular complexity index is 299. The van der Waals surface area contributed by atoms with Gasteiger partial charge in [0.2, 0.25) is 0 Å². The molecule has 1 N–H and O–H groups in total. The predicted molar refractivity (Wildman–Crippen MR) is 81.7 cm³/mol. The summed E-state index contributed by atoms with van der Waals surface area (Å²) in [6.07, 6.45) is 11.5. The maximum absolute atomic E-state index is 11.4. The third-order valence-electron chi connectivity index (χ3n) is 5.05. The van der Waals surface area contributed by atoms with E-state index in [1.165, 1.54) is 44.9 Å². The molecule has 0 radical (unpaired) electrons. The lowest BCUT2D eigenvalue weighted by Gasteiger charge is -2.31. The zero-order chi connectivity index (χ0) is 14.4. The van der Waals surface area contributed by atoms with Gasteiger partial charge in [-0.2, -0.15) is 0 Å². The van der Waals surface area contributed by atoms with Gasteiger partial charge < -0.3 is 5.11 Å². The molecule has 1 saturated carbocycles. The SMILES string of the molecule is CC(=O)CC1CCCCCN1CC(O)CC1CCCC1. The van der Waals surface area contributed by atoms with Crippen LogP contribution in [0.1, 0.15) is 71.1 Å². The van der Waals surface area contributed by atoms with Crippen molar-refractivity contribution in [2.45, 2.75) is 83.3 Å². The highest BCUT2D eigenvalue weighted by atomic mass is 16.3. The Hall–Kier alpha value is -0.410. The predicted octanol–water partition coefficient (Wildman–Crippen LogP) is 3.15. The molecule has 2 unspecified atom stereocenters. The molecular formula is C17H31NO2. The number of likely N-dealkylation sites (tertiary alicyclic amines) is 1. The molecule has 0 spiro atoms. The third-order valence-corrected chi connectivity index (χ3v) is 5.05. The summed E-state index contributed by atoms with van der Waals surface area (Å²) in [6.45, 7) is 3.52. The van der Waals surface area contributed by atoms with Crippen molar-refractivity contribution in [2.24, 2.45) is 5.92 Å². The van der Waals surface area contributed by atoms with Crippen LogP contribution in [0.3, 0.4) is 0 Å². The first-order chi connectivity index (χ1) is 9.65. The van der Waals surface area contributed by atoms with Gasteiger partial charge in [0.05, 0.1) is 6.10 Å². The number of aliphatic hydroxyl groups excluding tert-OH is 1. The Morgan fingerprint density at radius 1 is 1.15 bits per heavy atom. The third kappa shape index (κ3) is 5.17. The summed E-state index contributed by atoms with van der Waals surface area (Å²) < 4.78 is 0. The summed E-state index contributed by atoms with van der Waals surface area (Å²) in [4.78, 5) is 13.8. The van der Waals surface area contributed by atoms with E-state index in [1.54, 1.807) is 6.92 Å². The van der Waals surface area contributed by atoms with E-state index < -0.39 is 0 Å². The molecule has 2 atom stereocenters. The summed E-state index contributed by atoms with van der Waals surface area (Å²) in [6, 6.07) is 0.369. The van der Waals surface area contributed by atoms with Gasteiger partial charge in [-0.1, -0.05) is 38.5 Å². The van der Waals surface area contributed by atoms with Crippen LogP contribution in [-0.4, -0.2) is 41.0 Å². The molecule has 0 amide bonds. The number of carbonyl (C=O) groups excluding carboxylic acids is 1. The first-order valence-corrected chi connectivity index (χ1v) is 8.56. The maximum Gasteiger partial charge on any atom is 0.131 e. The zero-order valence-corrected chi connectivity index (χ0v) is 13.0. The van der Waals surface area contributed by atoms with E-state index in [1.807, 2.05) is 0 Å². The highest BCUT2D eigenvalue weighted by Gasteiger charge is 2.26. The highest BCUT2D eigenvalue weighted by Crippen LogP contribution is 2.29. The minimum atomic E-state index is -0.203. The van der Waals surface area contributed by atoms with Crippen LogP contribution in [0.25, 0.3) is 0 Å². The van der Waals surface area contributed by atoms with Crippen molar-refractivity contribution >= 4 is 5.78 Å². The van der Waals surface area contributed by atoms with Gasteiger partial charge in [-0.05, 0) is 38.6 Å². The summed E-state index contributed by atoms with van der Waals surface area (Å²) in [5.41, 5.74) is 0. The normalized spacial score (nSPS) is 27.4. The van der Waals surface area contributed by atoms with Gasteiger partial charge in [-0.15, -0.1) is 0 Å². The van der Waals surface area contributed by atoms with E-state index in [2.05, 4.69) is 4.90 Å². The Balaban J connectivity index is 1.83.